The molecule has 1 saturated carbocycles. The van der Waals surface area contributed by atoms with Gasteiger partial charge in [-0.25, -0.2) is 0 Å². The first kappa shape index (κ1) is 13.5. The molecule has 0 spiro atoms. The largest absolute Gasteiger partial charge is 0.356 e. The fraction of sp³-hybridized carbons (Fsp3) is 0.923. The third-order valence-corrected chi connectivity index (χ3v) is 3.33. The fourth-order valence-electron chi connectivity index (χ4n) is 2.35. The zero-order valence-corrected chi connectivity index (χ0v) is 10.9. The Morgan fingerprint density at radius 3 is 2.69 bits per heavy atom. The fourth-order valence-corrected chi connectivity index (χ4v) is 2.35. The van der Waals surface area contributed by atoms with Crippen molar-refractivity contribution < 1.29 is 4.79 Å². The van der Waals surface area contributed by atoms with E-state index in [0.29, 0.717) is 17.9 Å². The number of hydrogen-bond donors (Lipinski definition) is 2. The molecule has 0 heterocycles. The molecule has 0 saturated heterocycles. The minimum absolute atomic E-state index is 0.173. The molecule has 1 unspecified atom stereocenters. The van der Waals surface area contributed by atoms with Crippen molar-refractivity contribution in [3.05, 3.63) is 0 Å². The van der Waals surface area contributed by atoms with Crippen molar-refractivity contribution in [1.82, 2.24) is 10.6 Å². The molecule has 0 aromatic heterocycles. The molecule has 0 radical (unpaired) electrons. The van der Waals surface area contributed by atoms with Crippen LogP contribution in [0.5, 0.6) is 0 Å². The van der Waals surface area contributed by atoms with Crippen molar-refractivity contribution in [3.63, 3.8) is 0 Å². The molecule has 16 heavy (non-hydrogen) atoms. The van der Waals surface area contributed by atoms with Crippen molar-refractivity contribution in [2.24, 2.45) is 5.41 Å². The predicted octanol–water partition coefficient (Wildman–Crippen LogP) is 2.07. The summed E-state index contributed by atoms with van der Waals surface area (Å²) in [6, 6.07) is 0.619. The van der Waals surface area contributed by atoms with Crippen molar-refractivity contribution >= 4 is 5.91 Å². The van der Waals surface area contributed by atoms with Gasteiger partial charge in [0.25, 0.3) is 0 Å². The Morgan fingerprint density at radius 1 is 1.38 bits per heavy atom. The van der Waals surface area contributed by atoms with E-state index in [1.807, 2.05) is 0 Å². The predicted molar refractivity (Wildman–Crippen MR) is 67.3 cm³/mol. The second kappa shape index (κ2) is 6.24. The number of amides is 1. The Morgan fingerprint density at radius 2 is 2.12 bits per heavy atom. The molecule has 2 N–H and O–H groups in total. The van der Waals surface area contributed by atoms with Gasteiger partial charge in [0.2, 0.25) is 5.91 Å². The molecule has 1 amide bonds. The van der Waals surface area contributed by atoms with Crippen LogP contribution in [0.25, 0.3) is 0 Å². The summed E-state index contributed by atoms with van der Waals surface area (Å²) in [5, 5.41) is 6.38. The van der Waals surface area contributed by atoms with Crippen molar-refractivity contribution in [2.45, 2.75) is 58.9 Å². The molecule has 1 aliphatic rings. The maximum Gasteiger partial charge on any atom is 0.221 e. The zero-order valence-electron chi connectivity index (χ0n) is 10.9. The van der Waals surface area contributed by atoms with E-state index in [-0.39, 0.29) is 5.91 Å². The highest BCUT2D eigenvalue weighted by Gasteiger charge is 2.30. The van der Waals surface area contributed by atoms with E-state index in [9.17, 15) is 4.79 Å². The molecule has 94 valence electrons. The normalized spacial score (nSPS) is 23.3. The molecular formula is C13H26N2O. The van der Waals surface area contributed by atoms with E-state index in [0.717, 1.165) is 19.5 Å². The first-order chi connectivity index (χ1) is 7.53. The number of rotatable bonds is 6. The molecule has 3 nitrogen and oxygen atoms in total. The minimum atomic E-state index is 0.173. The van der Waals surface area contributed by atoms with Gasteiger partial charge in [0.1, 0.15) is 0 Å². The van der Waals surface area contributed by atoms with Crippen LogP contribution in [0, 0.1) is 5.41 Å². The SMILES string of the molecule is CCCNC(=O)CCNC1CCC(C)(C)C1. The molecule has 1 atom stereocenters. The van der Waals surface area contributed by atoms with Gasteiger partial charge in [-0.2, -0.15) is 0 Å². The topological polar surface area (TPSA) is 41.1 Å². The maximum absolute atomic E-state index is 11.4. The van der Waals surface area contributed by atoms with Crippen LogP contribution in [0.2, 0.25) is 0 Å². The van der Waals surface area contributed by atoms with Gasteiger partial charge < -0.3 is 10.6 Å². The minimum Gasteiger partial charge on any atom is -0.356 e. The molecule has 0 aliphatic heterocycles. The summed E-state index contributed by atoms with van der Waals surface area (Å²) in [6.45, 7) is 8.33. The van der Waals surface area contributed by atoms with Crippen LogP contribution in [0.4, 0.5) is 0 Å². The molecule has 3 heteroatoms. The molecule has 1 rings (SSSR count). The number of nitrogens with one attached hydrogen (secondary N) is 2. The molecule has 1 fully saturated rings. The molecule has 1 aliphatic carbocycles. The van der Waals surface area contributed by atoms with Crippen LogP contribution in [0.3, 0.4) is 0 Å². The molecular weight excluding hydrogens is 200 g/mol. The van der Waals surface area contributed by atoms with Crippen LogP contribution in [0.15, 0.2) is 0 Å². The van der Waals surface area contributed by atoms with Gasteiger partial charge >= 0.3 is 0 Å². The van der Waals surface area contributed by atoms with Crippen molar-refractivity contribution in [2.75, 3.05) is 13.1 Å². The summed E-state index contributed by atoms with van der Waals surface area (Å²) in [5.74, 6) is 0.173. The van der Waals surface area contributed by atoms with Crippen molar-refractivity contribution in [1.29, 1.82) is 0 Å². The van der Waals surface area contributed by atoms with Crippen molar-refractivity contribution in [3.8, 4) is 0 Å². The summed E-state index contributed by atoms with van der Waals surface area (Å²) in [5.41, 5.74) is 0.488. The van der Waals surface area contributed by atoms with Gasteiger partial charge in [-0.3, -0.25) is 4.79 Å². The number of carbonyl (C=O) groups excluding carboxylic acids is 1. The van der Waals surface area contributed by atoms with Gasteiger partial charge in [-0.05, 0) is 31.1 Å². The summed E-state index contributed by atoms with van der Waals surface area (Å²) >= 11 is 0. The average Bonchev–Trinajstić information content (AvgIpc) is 2.55. The smallest absolute Gasteiger partial charge is 0.221 e. The lowest BCUT2D eigenvalue weighted by molar-refractivity contribution is -0.121. The Hall–Kier alpha value is -0.570. The van der Waals surface area contributed by atoms with E-state index in [4.69, 9.17) is 0 Å². The molecule has 0 aromatic rings. The first-order valence-corrected chi connectivity index (χ1v) is 6.53. The Bertz CT molecular complexity index is 226. The lowest BCUT2D eigenvalue weighted by atomic mass is 9.92. The van der Waals surface area contributed by atoms with E-state index in [1.54, 1.807) is 0 Å². The maximum atomic E-state index is 11.4. The zero-order chi connectivity index (χ0) is 12.0. The Kier molecular flexibility index (Phi) is 5.26. The van der Waals surface area contributed by atoms with E-state index in [1.165, 1.54) is 19.3 Å². The lowest BCUT2D eigenvalue weighted by Gasteiger charge is -2.17. The van der Waals surface area contributed by atoms with E-state index < -0.39 is 0 Å². The third kappa shape index (κ3) is 4.97. The van der Waals surface area contributed by atoms with Crippen LogP contribution >= 0.6 is 0 Å². The quantitative estimate of drug-likeness (QED) is 0.728. The Balaban J connectivity index is 2.05. The van der Waals surface area contributed by atoms with E-state index >= 15 is 0 Å². The van der Waals surface area contributed by atoms with Gasteiger partial charge in [-0.15, -0.1) is 0 Å². The summed E-state index contributed by atoms with van der Waals surface area (Å²) < 4.78 is 0. The lowest BCUT2D eigenvalue weighted by Crippen LogP contribution is -2.32. The summed E-state index contributed by atoms with van der Waals surface area (Å²) in [6.07, 6.45) is 5.41. The summed E-state index contributed by atoms with van der Waals surface area (Å²) in [7, 11) is 0. The first-order valence-electron chi connectivity index (χ1n) is 6.53. The monoisotopic (exact) mass is 226 g/mol. The number of hydrogen-bond acceptors (Lipinski definition) is 2. The van der Waals surface area contributed by atoms with E-state index in [2.05, 4.69) is 31.4 Å². The van der Waals surface area contributed by atoms with Crippen LogP contribution < -0.4 is 10.6 Å². The summed E-state index contributed by atoms with van der Waals surface area (Å²) in [4.78, 5) is 11.4. The standard InChI is InChI=1S/C13H26N2O/c1-4-8-15-12(16)6-9-14-11-5-7-13(2,3)10-11/h11,14H,4-10H2,1-3H3,(H,15,16). The van der Waals surface area contributed by atoms with Gasteiger partial charge in [-0.1, -0.05) is 20.8 Å². The highest BCUT2D eigenvalue weighted by Crippen LogP contribution is 2.36. The van der Waals surface area contributed by atoms with Crippen LogP contribution in [-0.2, 0) is 4.79 Å². The highest BCUT2D eigenvalue weighted by atomic mass is 16.1. The van der Waals surface area contributed by atoms with Crippen LogP contribution in [-0.4, -0.2) is 25.0 Å². The van der Waals surface area contributed by atoms with Gasteiger partial charge in [0.05, 0.1) is 0 Å². The number of carbonyl (C=O) groups is 1. The highest BCUT2D eigenvalue weighted by molar-refractivity contribution is 5.75. The average molecular weight is 226 g/mol. The van der Waals surface area contributed by atoms with Crippen LogP contribution in [0.1, 0.15) is 52.9 Å². The molecule has 0 aromatic carbocycles. The van der Waals surface area contributed by atoms with Gasteiger partial charge in [0, 0.05) is 25.6 Å². The molecule has 0 bridgehead atoms. The second-order valence-electron chi connectivity index (χ2n) is 5.66. The second-order valence-corrected chi connectivity index (χ2v) is 5.66. The third-order valence-electron chi connectivity index (χ3n) is 3.33. The van der Waals surface area contributed by atoms with Gasteiger partial charge in [0.15, 0.2) is 0 Å². The Labute approximate surface area is 99.4 Å².